The summed E-state index contributed by atoms with van der Waals surface area (Å²) in [6.45, 7) is 3.76. The molecule has 1 unspecified atom stereocenters. The number of hydrogen-bond donors (Lipinski definition) is 2. The predicted octanol–water partition coefficient (Wildman–Crippen LogP) is 1.96. The standard InChI is InChI=1S/C19H30ClN3O6/c1-15-7-8-17(20)18(12-15)28-14-16(24)13-23(2,3)10-5-9-21-19(25)6-4-11-29-22(26)27/h7-8,12,16,24H,4-6,9-11,13-14H2,1-3H3/p+1. The van der Waals surface area contributed by atoms with E-state index in [1.54, 1.807) is 6.07 Å². The van der Waals surface area contributed by atoms with Crippen LogP contribution < -0.4 is 10.1 Å². The van der Waals surface area contributed by atoms with Crippen LogP contribution in [0.3, 0.4) is 0 Å². The highest BCUT2D eigenvalue weighted by molar-refractivity contribution is 6.32. The van der Waals surface area contributed by atoms with Gasteiger partial charge in [-0.3, -0.25) is 4.79 Å². The molecule has 1 atom stereocenters. The number of aryl methyl sites for hydroxylation is 1. The fourth-order valence-corrected chi connectivity index (χ4v) is 2.99. The molecule has 9 nitrogen and oxygen atoms in total. The number of benzene rings is 1. The molecule has 0 aromatic heterocycles. The summed E-state index contributed by atoms with van der Waals surface area (Å²) in [5.41, 5.74) is 1.03. The highest BCUT2D eigenvalue weighted by Gasteiger charge is 2.21. The Balaban J connectivity index is 2.22. The Morgan fingerprint density at radius 2 is 2.10 bits per heavy atom. The Morgan fingerprint density at radius 3 is 2.79 bits per heavy atom. The lowest BCUT2D eigenvalue weighted by Crippen LogP contribution is -2.48. The predicted molar refractivity (Wildman–Crippen MR) is 109 cm³/mol. The van der Waals surface area contributed by atoms with Gasteiger partial charge in [-0.2, -0.15) is 0 Å². The molecule has 10 heteroatoms. The first-order valence-electron chi connectivity index (χ1n) is 9.52. The molecule has 0 aliphatic rings. The number of ether oxygens (including phenoxy) is 1. The van der Waals surface area contributed by atoms with Crippen LogP contribution in [0.4, 0.5) is 0 Å². The van der Waals surface area contributed by atoms with Crippen LogP contribution in [0.1, 0.15) is 24.8 Å². The Morgan fingerprint density at radius 1 is 1.38 bits per heavy atom. The van der Waals surface area contributed by atoms with E-state index in [-0.39, 0.29) is 25.5 Å². The molecule has 1 aromatic carbocycles. The van der Waals surface area contributed by atoms with Gasteiger partial charge < -0.3 is 24.5 Å². The topological polar surface area (TPSA) is 111 Å². The maximum absolute atomic E-state index is 11.7. The van der Waals surface area contributed by atoms with Crippen molar-refractivity contribution in [2.24, 2.45) is 0 Å². The number of rotatable bonds is 14. The molecule has 0 radical (unpaired) electrons. The quantitative estimate of drug-likeness (QED) is 0.201. The van der Waals surface area contributed by atoms with Crippen molar-refractivity contribution in [3.63, 3.8) is 0 Å². The SMILES string of the molecule is Cc1ccc(Cl)c(OCC(O)C[N+](C)(C)CCCNC(=O)CCCO[N+](=O)[O-])c1. The van der Waals surface area contributed by atoms with Crippen molar-refractivity contribution in [2.45, 2.75) is 32.3 Å². The lowest BCUT2D eigenvalue weighted by molar-refractivity contribution is -0.893. The van der Waals surface area contributed by atoms with E-state index in [0.717, 1.165) is 18.5 Å². The minimum Gasteiger partial charge on any atom is -0.489 e. The molecular weight excluding hydrogens is 402 g/mol. The van der Waals surface area contributed by atoms with Crippen molar-refractivity contribution in [3.05, 3.63) is 38.9 Å². The highest BCUT2D eigenvalue weighted by atomic mass is 35.5. The van der Waals surface area contributed by atoms with E-state index in [1.807, 2.05) is 33.2 Å². The first-order valence-corrected chi connectivity index (χ1v) is 9.90. The summed E-state index contributed by atoms with van der Waals surface area (Å²) < 4.78 is 6.21. The van der Waals surface area contributed by atoms with E-state index in [9.17, 15) is 20.0 Å². The smallest absolute Gasteiger partial charge is 0.294 e. The van der Waals surface area contributed by atoms with E-state index in [2.05, 4.69) is 10.2 Å². The monoisotopic (exact) mass is 432 g/mol. The van der Waals surface area contributed by atoms with E-state index < -0.39 is 11.2 Å². The average molecular weight is 433 g/mol. The molecule has 29 heavy (non-hydrogen) atoms. The summed E-state index contributed by atoms with van der Waals surface area (Å²) in [5.74, 6) is 0.396. The number of halogens is 1. The fraction of sp³-hybridized carbons (Fsp3) is 0.632. The minimum absolute atomic E-state index is 0.0853. The van der Waals surface area contributed by atoms with Crippen molar-refractivity contribution in [2.75, 3.05) is 46.9 Å². The molecule has 0 saturated heterocycles. The van der Waals surface area contributed by atoms with Gasteiger partial charge in [-0.25, -0.2) is 0 Å². The zero-order valence-electron chi connectivity index (χ0n) is 17.2. The molecule has 0 aliphatic carbocycles. The van der Waals surface area contributed by atoms with Gasteiger partial charge >= 0.3 is 0 Å². The van der Waals surface area contributed by atoms with Gasteiger partial charge in [-0.05, 0) is 31.0 Å². The van der Waals surface area contributed by atoms with Gasteiger partial charge in [0.25, 0.3) is 5.09 Å². The number of likely N-dealkylation sites (N-methyl/N-ethyl adjacent to an activating group) is 1. The number of carbonyl (C=O) groups excluding carboxylic acids is 1. The van der Waals surface area contributed by atoms with Gasteiger partial charge in [-0.1, -0.05) is 17.7 Å². The van der Waals surface area contributed by atoms with Gasteiger partial charge in [0.05, 0.1) is 32.3 Å². The maximum atomic E-state index is 11.7. The molecule has 2 N–H and O–H groups in total. The van der Waals surface area contributed by atoms with Crippen LogP contribution in [0.25, 0.3) is 0 Å². The van der Waals surface area contributed by atoms with E-state index in [0.29, 0.717) is 34.8 Å². The summed E-state index contributed by atoms with van der Waals surface area (Å²) >= 11 is 6.09. The highest BCUT2D eigenvalue weighted by Crippen LogP contribution is 2.25. The third kappa shape index (κ3) is 11.5. The van der Waals surface area contributed by atoms with Crippen molar-refractivity contribution in [1.82, 2.24) is 5.32 Å². The molecule has 1 aromatic rings. The maximum Gasteiger partial charge on any atom is 0.294 e. The minimum atomic E-state index is -0.868. The first-order chi connectivity index (χ1) is 13.6. The third-order valence-corrected chi connectivity index (χ3v) is 4.54. The van der Waals surface area contributed by atoms with Crippen molar-refractivity contribution < 1.29 is 29.0 Å². The van der Waals surface area contributed by atoms with Gasteiger partial charge in [-0.15, -0.1) is 10.1 Å². The Hall–Kier alpha value is -2.10. The van der Waals surface area contributed by atoms with E-state index in [4.69, 9.17) is 16.3 Å². The summed E-state index contributed by atoms with van der Waals surface area (Å²) in [4.78, 5) is 25.8. The van der Waals surface area contributed by atoms with Crippen molar-refractivity contribution >= 4 is 17.5 Å². The Labute approximate surface area is 176 Å². The number of quaternary nitrogens is 1. The third-order valence-electron chi connectivity index (χ3n) is 4.23. The zero-order valence-corrected chi connectivity index (χ0v) is 18.0. The second kappa shape index (κ2) is 12.5. The zero-order chi connectivity index (χ0) is 21.9. The van der Waals surface area contributed by atoms with Gasteiger partial charge in [0.1, 0.15) is 25.0 Å². The molecule has 164 valence electrons. The largest absolute Gasteiger partial charge is 0.489 e. The number of aliphatic hydroxyl groups excluding tert-OH is 1. The Kier molecular flexibility index (Phi) is 10.7. The summed E-state index contributed by atoms with van der Waals surface area (Å²) in [6, 6.07) is 5.49. The summed E-state index contributed by atoms with van der Waals surface area (Å²) in [7, 11) is 4.00. The van der Waals surface area contributed by atoms with Gasteiger partial charge in [0.15, 0.2) is 0 Å². The molecule has 0 heterocycles. The molecule has 0 spiro atoms. The lowest BCUT2D eigenvalue weighted by Gasteiger charge is -2.32. The van der Waals surface area contributed by atoms with Crippen LogP contribution in [-0.4, -0.2) is 73.6 Å². The number of aliphatic hydroxyl groups is 1. The fourth-order valence-electron chi connectivity index (χ4n) is 2.82. The normalized spacial score (nSPS) is 12.3. The van der Waals surface area contributed by atoms with Crippen LogP contribution in [0, 0.1) is 17.0 Å². The second-order valence-corrected chi connectivity index (χ2v) is 8.01. The average Bonchev–Trinajstić information content (AvgIpc) is 2.62. The second-order valence-electron chi connectivity index (χ2n) is 7.60. The van der Waals surface area contributed by atoms with Crippen LogP contribution in [-0.2, 0) is 9.63 Å². The Bertz CT molecular complexity index is 671. The first kappa shape index (κ1) is 24.9. The number of hydrogen-bond acceptors (Lipinski definition) is 6. The van der Waals surface area contributed by atoms with Crippen LogP contribution in [0.5, 0.6) is 5.75 Å². The molecule has 0 aliphatic heterocycles. The van der Waals surface area contributed by atoms with E-state index in [1.165, 1.54) is 0 Å². The van der Waals surface area contributed by atoms with Gasteiger partial charge in [0.2, 0.25) is 5.91 Å². The van der Waals surface area contributed by atoms with Crippen molar-refractivity contribution in [3.8, 4) is 5.75 Å². The number of amides is 1. The van der Waals surface area contributed by atoms with Crippen LogP contribution in [0.2, 0.25) is 5.02 Å². The number of carbonyl (C=O) groups is 1. The lowest BCUT2D eigenvalue weighted by atomic mass is 10.2. The van der Waals surface area contributed by atoms with Crippen molar-refractivity contribution in [1.29, 1.82) is 0 Å². The van der Waals surface area contributed by atoms with Gasteiger partial charge in [0, 0.05) is 19.4 Å². The van der Waals surface area contributed by atoms with Crippen LogP contribution >= 0.6 is 11.6 Å². The van der Waals surface area contributed by atoms with Crippen LogP contribution in [0.15, 0.2) is 18.2 Å². The van der Waals surface area contributed by atoms with E-state index >= 15 is 0 Å². The molecule has 1 rings (SSSR count). The summed E-state index contributed by atoms with van der Waals surface area (Å²) in [6.07, 6.45) is 0.564. The molecular formula is C19H31ClN3O6+. The number of nitrogens with zero attached hydrogens (tertiary/aromatic N) is 2. The molecule has 1 amide bonds. The molecule has 0 fully saturated rings. The number of nitrogens with one attached hydrogen (secondary N) is 1. The molecule has 0 bridgehead atoms. The molecule has 0 saturated carbocycles. The summed E-state index contributed by atoms with van der Waals surface area (Å²) in [5, 5.41) is 22.7.